The molecule has 6 nitrogen and oxygen atoms in total. The molecule has 24 heavy (non-hydrogen) atoms. The molecular formula is C16H32IN5OS. The number of methoxy groups -OCH3 is 1. The molecule has 0 saturated carbocycles. The van der Waals surface area contributed by atoms with Crippen LogP contribution in [0.1, 0.15) is 23.2 Å². The van der Waals surface area contributed by atoms with Crippen molar-refractivity contribution in [2.24, 2.45) is 4.99 Å². The van der Waals surface area contributed by atoms with Crippen LogP contribution in [0.5, 0.6) is 0 Å². The third kappa shape index (κ3) is 11.2. The van der Waals surface area contributed by atoms with Crippen molar-refractivity contribution >= 4 is 41.3 Å². The van der Waals surface area contributed by atoms with Crippen LogP contribution in [0.4, 0.5) is 0 Å². The van der Waals surface area contributed by atoms with Gasteiger partial charge in [0.15, 0.2) is 5.96 Å². The molecule has 0 amide bonds. The number of guanidine groups is 1. The zero-order chi connectivity index (χ0) is 16.9. The minimum Gasteiger partial charge on any atom is -0.383 e. The SMILES string of the molecule is CCNC(=NCCCN(C)CCOC)NCCc1ncc(C)s1.I. The number of thiazole rings is 1. The summed E-state index contributed by atoms with van der Waals surface area (Å²) in [7, 11) is 3.85. The molecule has 0 unspecified atom stereocenters. The fourth-order valence-electron chi connectivity index (χ4n) is 2.04. The Labute approximate surface area is 167 Å². The van der Waals surface area contributed by atoms with E-state index in [1.165, 1.54) is 9.88 Å². The van der Waals surface area contributed by atoms with Crippen molar-refractivity contribution in [2.45, 2.75) is 26.7 Å². The molecule has 1 aromatic rings. The lowest BCUT2D eigenvalue weighted by Gasteiger charge is -2.15. The second kappa shape index (κ2) is 14.9. The molecule has 0 aliphatic rings. The van der Waals surface area contributed by atoms with Gasteiger partial charge in [0.1, 0.15) is 0 Å². The minimum absolute atomic E-state index is 0. The maximum absolute atomic E-state index is 5.08. The van der Waals surface area contributed by atoms with Crippen LogP contribution in [0.3, 0.4) is 0 Å². The van der Waals surface area contributed by atoms with Gasteiger partial charge in [-0.15, -0.1) is 35.3 Å². The molecule has 0 atom stereocenters. The molecule has 0 bridgehead atoms. The summed E-state index contributed by atoms with van der Waals surface area (Å²) in [5, 5.41) is 7.83. The Hall–Kier alpha value is -0.450. The van der Waals surface area contributed by atoms with Gasteiger partial charge in [-0.2, -0.15) is 0 Å². The van der Waals surface area contributed by atoms with Gasteiger partial charge in [-0.05, 0) is 33.9 Å². The number of aryl methyl sites for hydroxylation is 1. The van der Waals surface area contributed by atoms with Crippen molar-refractivity contribution in [3.63, 3.8) is 0 Å². The Kier molecular flexibility index (Phi) is 14.6. The molecule has 1 rings (SSSR count). The number of halogens is 1. The first-order valence-corrected chi connectivity index (χ1v) is 9.08. The first-order chi connectivity index (χ1) is 11.2. The largest absolute Gasteiger partial charge is 0.383 e. The van der Waals surface area contributed by atoms with Crippen LogP contribution in [-0.4, -0.2) is 69.3 Å². The van der Waals surface area contributed by atoms with Crippen molar-refractivity contribution in [3.8, 4) is 0 Å². The molecule has 0 radical (unpaired) electrons. The van der Waals surface area contributed by atoms with E-state index in [0.717, 1.165) is 58.1 Å². The molecule has 0 spiro atoms. The summed E-state index contributed by atoms with van der Waals surface area (Å²) >= 11 is 1.76. The second-order valence-electron chi connectivity index (χ2n) is 5.45. The van der Waals surface area contributed by atoms with Crippen LogP contribution in [0.15, 0.2) is 11.2 Å². The lowest BCUT2D eigenvalue weighted by Crippen LogP contribution is -2.38. The molecule has 0 aliphatic heterocycles. The summed E-state index contributed by atoms with van der Waals surface area (Å²) in [4.78, 5) is 12.5. The fraction of sp³-hybridized carbons (Fsp3) is 0.750. The molecule has 2 N–H and O–H groups in total. The predicted octanol–water partition coefficient (Wildman–Crippen LogP) is 2.14. The number of nitrogens with one attached hydrogen (secondary N) is 2. The number of rotatable bonds is 11. The van der Waals surface area contributed by atoms with Gasteiger partial charge in [-0.25, -0.2) is 4.98 Å². The third-order valence-corrected chi connectivity index (χ3v) is 4.26. The van der Waals surface area contributed by atoms with E-state index in [0.29, 0.717) is 0 Å². The van der Waals surface area contributed by atoms with Gasteiger partial charge in [0.2, 0.25) is 0 Å². The highest BCUT2D eigenvalue weighted by atomic mass is 127. The monoisotopic (exact) mass is 469 g/mol. The van der Waals surface area contributed by atoms with E-state index in [2.05, 4.69) is 46.4 Å². The van der Waals surface area contributed by atoms with Crippen LogP contribution in [0.25, 0.3) is 0 Å². The second-order valence-corrected chi connectivity index (χ2v) is 6.77. The van der Waals surface area contributed by atoms with Gasteiger partial charge in [0, 0.05) is 50.8 Å². The van der Waals surface area contributed by atoms with E-state index in [9.17, 15) is 0 Å². The molecule has 0 aliphatic carbocycles. The van der Waals surface area contributed by atoms with E-state index < -0.39 is 0 Å². The number of aromatic nitrogens is 1. The van der Waals surface area contributed by atoms with Crippen molar-refractivity contribution < 1.29 is 4.74 Å². The van der Waals surface area contributed by atoms with Crippen molar-refractivity contribution in [1.29, 1.82) is 0 Å². The lowest BCUT2D eigenvalue weighted by molar-refractivity contribution is 0.161. The standard InChI is InChI=1S/C16H31N5OS.HI/c1-5-17-16(18-8-6-10-21(3)11-12-22-4)19-9-7-15-20-13-14(2)23-15;/h13H,5-12H2,1-4H3,(H2,17,18,19);1H. The average molecular weight is 469 g/mol. The van der Waals surface area contributed by atoms with Crippen LogP contribution in [0.2, 0.25) is 0 Å². The normalized spacial score (nSPS) is 11.5. The first kappa shape index (κ1) is 23.5. The molecule has 8 heteroatoms. The molecule has 140 valence electrons. The Morgan fingerprint density at radius 2 is 2.17 bits per heavy atom. The Balaban J connectivity index is 0.00000529. The zero-order valence-corrected chi connectivity index (χ0v) is 18.4. The smallest absolute Gasteiger partial charge is 0.191 e. The summed E-state index contributed by atoms with van der Waals surface area (Å²) in [5.74, 6) is 0.889. The van der Waals surface area contributed by atoms with Gasteiger partial charge >= 0.3 is 0 Å². The number of aliphatic imine (C=N–C) groups is 1. The number of likely N-dealkylation sites (N-methyl/N-ethyl adjacent to an activating group) is 1. The zero-order valence-electron chi connectivity index (χ0n) is 15.3. The summed E-state index contributed by atoms with van der Waals surface area (Å²) in [6.07, 6.45) is 3.91. The van der Waals surface area contributed by atoms with Gasteiger partial charge in [0.05, 0.1) is 11.6 Å². The molecule has 1 aromatic heterocycles. The van der Waals surface area contributed by atoms with Crippen LogP contribution in [0, 0.1) is 6.92 Å². The topological polar surface area (TPSA) is 61.8 Å². The van der Waals surface area contributed by atoms with Crippen molar-refractivity contribution in [3.05, 3.63) is 16.1 Å². The number of hydrogen-bond donors (Lipinski definition) is 2. The Bertz CT molecular complexity index is 455. The van der Waals surface area contributed by atoms with E-state index in [4.69, 9.17) is 4.74 Å². The van der Waals surface area contributed by atoms with Gasteiger partial charge in [-0.3, -0.25) is 4.99 Å². The average Bonchev–Trinajstić information content (AvgIpc) is 2.94. The summed E-state index contributed by atoms with van der Waals surface area (Å²) in [5.41, 5.74) is 0. The summed E-state index contributed by atoms with van der Waals surface area (Å²) in [6, 6.07) is 0. The third-order valence-electron chi connectivity index (χ3n) is 3.29. The Morgan fingerprint density at radius 1 is 1.38 bits per heavy atom. The predicted molar refractivity (Wildman–Crippen MR) is 114 cm³/mol. The lowest BCUT2D eigenvalue weighted by atomic mass is 10.4. The Morgan fingerprint density at radius 3 is 2.79 bits per heavy atom. The number of ether oxygens (including phenoxy) is 1. The number of hydrogen-bond acceptors (Lipinski definition) is 5. The van der Waals surface area contributed by atoms with Crippen LogP contribution in [-0.2, 0) is 11.2 Å². The van der Waals surface area contributed by atoms with Crippen LogP contribution >= 0.6 is 35.3 Å². The van der Waals surface area contributed by atoms with Crippen molar-refractivity contribution in [2.75, 3.05) is 53.5 Å². The van der Waals surface area contributed by atoms with E-state index >= 15 is 0 Å². The molecule has 1 heterocycles. The van der Waals surface area contributed by atoms with Gasteiger partial charge in [0.25, 0.3) is 0 Å². The highest BCUT2D eigenvalue weighted by Gasteiger charge is 2.01. The quantitative estimate of drug-likeness (QED) is 0.225. The van der Waals surface area contributed by atoms with Crippen LogP contribution < -0.4 is 10.6 Å². The number of nitrogens with zero attached hydrogens (tertiary/aromatic N) is 3. The molecule has 0 saturated heterocycles. The fourth-order valence-corrected chi connectivity index (χ4v) is 2.82. The van der Waals surface area contributed by atoms with E-state index in [-0.39, 0.29) is 24.0 Å². The maximum Gasteiger partial charge on any atom is 0.191 e. The van der Waals surface area contributed by atoms with E-state index in [1.54, 1.807) is 18.4 Å². The van der Waals surface area contributed by atoms with Gasteiger partial charge < -0.3 is 20.3 Å². The summed E-state index contributed by atoms with van der Waals surface area (Å²) in [6.45, 7) is 9.49. The van der Waals surface area contributed by atoms with Gasteiger partial charge in [-0.1, -0.05) is 0 Å². The maximum atomic E-state index is 5.08. The summed E-state index contributed by atoms with van der Waals surface area (Å²) < 4.78 is 5.08. The first-order valence-electron chi connectivity index (χ1n) is 8.26. The molecule has 0 fully saturated rings. The van der Waals surface area contributed by atoms with Crippen molar-refractivity contribution in [1.82, 2.24) is 20.5 Å². The molecular weight excluding hydrogens is 437 g/mol. The van der Waals surface area contributed by atoms with E-state index in [1.807, 2.05) is 6.20 Å². The highest BCUT2D eigenvalue weighted by Crippen LogP contribution is 2.10. The highest BCUT2D eigenvalue weighted by molar-refractivity contribution is 14.0. The molecule has 0 aromatic carbocycles. The minimum atomic E-state index is 0.